The lowest BCUT2D eigenvalue weighted by Crippen LogP contribution is -2.67. The van der Waals surface area contributed by atoms with Crippen LogP contribution in [0.4, 0.5) is 0 Å². The Morgan fingerprint density at radius 3 is 2.46 bits per heavy atom. The summed E-state index contributed by atoms with van der Waals surface area (Å²) < 4.78 is -0.686. The van der Waals surface area contributed by atoms with Gasteiger partial charge in [0.05, 0.1) is 11.4 Å². The number of nitrogens with zero attached hydrogens (tertiary/aromatic N) is 1. The van der Waals surface area contributed by atoms with Crippen LogP contribution in [-0.2, 0) is 14.4 Å². The summed E-state index contributed by atoms with van der Waals surface area (Å²) in [7, 11) is 0. The van der Waals surface area contributed by atoms with E-state index in [0.717, 1.165) is 5.56 Å². The van der Waals surface area contributed by atoms with Crippen molar-refractivity contribution in [1.82, 2.24) is 10.2 Å². The van der Waals surface area contributed by atoms with Crippen molar-refractivity contribution in [2.45, 2.75) is 49.1 Å². The molecule has 3 N–H and O–H groups in total. The predicted octanol–water partition coefficient (Wildman–Crippen LogP) is 0.988. The molecule has 1 aromatic rings. The SMILES string of the molecule is C[C@@H](NC(=O)[C@@H](O)[C@@H]1C(=O)N2[C@@H]1SC(C)(C)[C@@H]2C(=O)O)c1ccccc1. The highest BCUT2D eigenvalue weighted by molar-refractivity contribution is 8.01. The molecule has 3 rings (SSSR count). The summed E-state index contributed by atoms with van der Waals surface area (Å²) >= 11 is 1.31. The number of nitrogens with one attached hydrogen (secondary N) is 1. The smallest absolute Gasteiger partial charge is 0.327 e. The van der Waals surface area contributed by atoms with Gasteiger partial charge in [-0.1, -0.05) is 30.3 Å². The van der Waals surface area contributed by atoms with Crippen molar-refractivity contribution < 1.29 is 24.6 Å². The summed E-state index contributed by atoms with van der Waals surface area (Å²) in [6.07, 6.45) is -1.51. The molecule has 0 bridgehead atoms. The zero-order chi connectivity index (χ0) is 19.2. The third-order valence-electron chi connectivity index (χ3n) is 4.98. The molecule has 2 heterocycles. The molecular weight excluding hydrogens is 356 g/mol. The lowest BCUT2D eigenvalue weighted by atomic mass is 9.87. The number of amides is 2. The lowest BCUT2D eigenvalue weighted by Gasteiger charge is -2.45. The van der Waals surface area contributed by atoms with E-state index < -0.39 is 46.0 Å². The van der Waals surface area contributed by atoms with Crippen molar-refractivity contribution in [3.63, 3.8) is 0 Å². The standard InChI is InChI=1S/C18H22N2O5S/c1-9(10-7-5-4-6-8-10)19-14(22)12(21)11-15(23)20-13(17(24)25)18(2,3)26-16(11)20/h4-9,11-13,16,21H,1-3H3,(H,19,22)(H,24,25)/t9-,11-,12+,13+,16-/m1/s1. The molecule has 2 fully saturated rings. The largest absolute Gasteiger partial charge is 0.480 e. The number of carbonyl (C=O) groups excluding carboxylic acids is 2. The summed E-state index contributed by atoms with van der Waals surface area (Å²) in [5, 5.41) is 22.1. The Morgan fingerprint density at radius 1 is 1.27 bits per heavy atom. The Kier molecular flexibility index (Phi) is 4.74. The first-order valence-corrected chi connectivity index (χ1v) is 9.29. The molecule has 26 heavy (non-hydrogen) atoms. The summed E-state index contributed by atoms with van der Waals surface area (Å²) in [4.78, 5) is 37.7. The van der Waals surface area contributed by atoms with Crippen LogP contribution in [0.25, 0.3) is 0 Å². The van der Waals surface area contributed by atoms with E-state index in [-0.39, 0.29) is 6.04 Å². The average Bonchev–Trinajstić information content (AvgIpc) is 2.83. The highest BCUT2D eigenvalue weighted by Crippen LogP contribution is 2.54. The Balaban J connectivity index is 1.69. The minimum absolute atomic E-state index is 0.316. The average molecular weight is 378 g/mol. The van der Waals surface area contributed by atoms with E-state index in [4.69, 9.17) is 0 Å². The fourth-order valence-electron chi connectivity index (χ4n) is 3.62. The second kappa shape index (κ2) is 6.59. The van der Waals surface area contributed by atoms with E-state index in [2.05, 4.69) is 5.32 Å². The van der Waals surface area contributed by atoms with Crippen molar-refractivity contribution in [2.24, 2.45) is 5.92 Å². The van der Waals surface area contributed by atoms with Crippen molar-refractivity contribution in [2.75, 3.05) is 0 Å². The molecule has 0 unspecified atom stereocenters. The number of β-lactam (4-membered cyclic amide) rings is 1. The summed E-state index contributed by atoms with van der Waals surface area (Å²) in [5.74, 6) is -3.12. The van der Waals surface area contributed by atoms with Crippen LogP contribution < -0.4 is 5.32 Å². The highest BCUT2D eigenvalue weighted by atomic mass is 32.2. The summed E-state index contributed by atoms with van der Waals surface area (Å²) in [6, 6.07) is 8.02. The Hall–Kier alpha value is -2.06. The topological polar surface area (TPSA) is 107 Å². The van der Waals surface area contributed by atoms with E-state index in [1.165, 1.54) is 16.7 Å². The number of hydrogen-bond acceptors (Lipinski definition) is 5. The van der Waals surface area contributed by atoms with Crippen molar-refractivity contribution >= 4 is 29.5 Å². The number of fused-ring (bicyclic) bond motifs is 1. The molecule has 0 aromatic heterocycles. The molecule has 0 spiro atoms. The van der Waals surface area contributed by atoms with E-state index in [1.54, 1.807) is 20.8 Å². The Morgan fingerprint density at radius 2 is 1.88 bits per heavy atom. The maximum atomic E-state index is 12.5. The molecule has 5 atom stereocenters. The number of benzene rings is 1. The number of thioether (sulfide) groups is 1. The van der Waals surface area contributed by atoms with Gasteiger partial charge in [0.25, 0.3) is 0 Å². The zero-order valence-electron chi connectivity index (χ0n) is 14.7. The minimum atomic E-state index is -1.51. The van der Waals surface area contributed by atoms with Gasteiger partial charge in [0.15, 0.2) is 0 Å². The van der Waals surface area contributed by atoms with Crippen molar-refractivity contribution in [1.29, 1.82) is 0 Å². The quantitative estimate of drug-likeness (QED) is 0.660. The molecule has 0 radical (unpaired) electrons. The number of carboxylic acid groups (broad SMARTS) is 1. The normalized spacial score (nSPS) is 28.7. The first-order chi connectivity index (χ1) is 12.1. The van der Waals surface area contributed by atoms with Crippen LogP contribution in [0.2, 0.25) is 0 Å². The third kappa shape index (κ3) is 2.97. The molecule has 1 aromatic carbocycles. The number of rotatable bonds is 5. The van der Waals surface area contributed by atoms with Gasteiger partial charge in [-0.05, 0) is 26.3 Å². The predicted molar refractivity (Wildman–Crippen MR) is 96.2 cm³/mol. The Bertz CT molecular complexity index is 738. The van der Waals surface area contributed by atoms with E-state index in [1.807, 2.05) is 30.3 Å². The van der Waals surface area contributed by atoms with Gasteiger partial charge in [-0.2, -0.15) is 0 Å². The Labute approximate surface area is 155 Å². The van der Waals surface area contributed by atoms with Gasteiger partial charge in [-0.25, -0.2) is 4.79 Å². The van der Waals surface area contributed by atoms with Crippen LogP contribution in [-0.4, -0.2) is 55.2 Å². The van der Waals surface area contributed by atoms with Crippen LogP contribution >= 0.6 is 11.8 Å². The van der Waals surface area contributed by atoms with Crippen molar-refractivity contribution in [3.05, 3.63) is 35.9 Å². The summed E-state index contributed by atoms with van der Waals surface area (Å²) in [5.41, 5.74) is 0.886. The maximum Gasteiger partial charge on any atom is 0.327 e. The molecule has 2 saturated heterocycles. The van der Waals surface area contributed by atoms with Gasteiger partial charge in [-0.15, -0.1) is 11.8 Å². The third-order valence-corrected chi connectivity index (χ3v) is 6.58. The molecule has 2 aliphatic heterocycles. The first-order valence-electron chi connectivity index (χ1n) is 8.41. The van der Waals surface area contributed by atoms with Gasteiger partial charge < -0.3 is 20.4 Å². The maximum absolute atomic E-state index is 12.5. The van der Waals surface area contributed by atoms with Gasteiger partial charge in [-0.3, -0.25) is 9.59 Å². The monoisotopic (exact) mass is 378 g/mol. The van der Waals surface area contributed by atoms with Crippen molar-refractivity contribution in [3.8, 4) is 0 Å². The number of aliphatic hydroxyl groups excluding tert-OH is 1. The van der Waals surface area contributed by atoms with E-state index in [0.29, 0.717) is 0 Å². The molecule has 2 amide bonds. The molecular formula is C18H22N2O5S. The summed E-state index contributed by atoms with van der Waals surface area (Å²) in [6.45, 7) is 5.30. The second-order valence-electron chi connectivity index (χ2n) is 7.21. The van der Waals surface area contributed by atoms with Crippen LogP contribution in [0.5, 0.6) is 0 Å². The number of hydrogen-bond donors (Lipinski definition) is 3. The zero-order valence-corrected chi connectivity index (χ0v) is 15.6. The van der Waals surface area contributed by atoms with Gasteiger partial charge in [0.2, 0.25) is 11.8 Å². The molecule has 2 aliphatic rings. The molecule has 0 aliphatic carbocycles. The molecule has 7 nitrogen and oxygen atoms in total. The van der Waals surface area contributed by atoms with Crippen LogP contribution in [0.15, 0.2) is 30.3 Å². The molecule has 0 saturated carbocycles. The van der Waals surface area contributed by atoms with E-state index >= 15 is 0 Å². The van der Waals surface area contributed by atoms with E-state index in [9.17, 15) is 24.6 Å². The van der Waals surface area contributed by atoms with Gasteiger partial charge >= 0.3 is 5.97 Å². The number of aliphatic hydroxyl groups is 1. The lowest BCUT2D eigenvalue weighted by molar-refractivity contribution is -0.171. The molecule has 8 heteroatoms. The molecule has 140 valence electrons. The fraction of sp³-hybridized carbons (Fsp3) is 0.500. The number of carbonyl (C=O) groups is 3. The first kappa shape index (κ1) is 18.7. The highest BCUT2D eigenvalue weighted by Gasteiger charge is 2.66. The van der Waals surface area contributed by atoms with Gasteiger partial charge in [0.1, 0.15) is 18.1 Å². The van der Waals surface area contributed by atoms with Crippen LogP contribution in [0.3, 0.4) is 0 Å². The van der Waals surface area contributed by atoms with Crippen LogP contribution in [0, 0.1) is 5.92 Å². The minimum Gasteiger partial charge on any atom is -0.480 e. The number of carboxylic acids is 1. The fourth-order valence-corrected chi connectivity index (χ4v) is 5.34. The van der Waals surface area contributed by atoms with Gasteiger partial charge in [0, 0.05) is 4.75 Å². The second-order valence-corrected chi connectivity index (χ2v) is 8.98. The number of aliphatic carboxylic acids is 1. The van der Waals surface area contributed by atoms with Crippen LogP contribution in [0.1, 0.15) is 32.4 Å².